The van der Waals surface area contributed by atoms with Crippen LogP contribution < -0.4 is 20.5 Å². The number of halogens is 1. The van der Waals surface area contributed by atoms with Crippen LogP contribution in [0.2, 0.25) is 0 Å². The number of anilines is 1. The molecule has 4 rings (SSSR count). The molecule has 0 spiro atoms. The number of pyridine rings is 1. The number of nitrogen functional groups attached to an aromatic ring is 1. The van der Waals surface area contributed by atoms with Gasteiger partial charge >= 0.3 is 0 Å². The summed E-state index contributed by atoms with van der Waals surface area (Å²) in [5.41, 5.74) is 6.30. The van der Waals surface area contributed by atoms with Crippen molar-refractivity contribution in [1.29, 1.82) is 5.26 Å². The second kappa shape index (κ2) is 12.2. The molecule has 36 heavy (non-hydrogen) atoms. The third kappa shape index (κ3) is 7.55. The summed E-state index contributed by atoms with van der Waals surface area (Å²) < 4.78 is 30.1. The standard InChI is InChI=1S/C22H21FN4O2.C5H10O2/c23-18-10-16(1-2-19(18)25)29-21-5-8-27-20-11-22(15(12-24)9-17(20)21)28-13-14-3-6-26-7-4-14;1-5(2,3)7-4-6/h1-2,5,8-11,14,26H,3-4,6-7,13,25H2;4H,1-3H3. The lowest BCUT2D eigenvalue weighted by Gasteiger charge is -2.23. The zero-order valence-electron chi connectivity index (χ0n) is 20.7. The van der Waals surface area contributed by atoms with Gasteiger partial charge in [0, 0.05) is 23.7 Å². The Hall–Kier alpha value is -3.90. The Morgan fingerprint density at radius 2 is 1.94 bits per heavy atom. The number of ether oxygens (including phenoxy) is 3. The van der Waals surface area contributed by atoms with Crippen LogP contribution in [0.3, 0.4) is 0 Å². The molecule has 1 saturated heterocycles. The number of nitrogens with zero attached hydrogens (tertiary/aromatic N) is 2. The van der Waals surface area contributed by atoms with E-state index in [1.807, 2.05) is 20.8 Å². The highest BCUT2D eigenvalue weighted by molar-refractivity contribution is 5.88. The van der Waals surface area contributed by atoms with Crippen LogP contribution in [0.1, 0.15) is 39.2 Å². The number of hydrogen-bond acceptors (Lipinski definition) is 8. The Balaban J connectivity index is 0.000000454. The van der Waals surface area contributed by atoms with Crippen molar-refractivity contribution >= 4 is 23.1 Å². The number of benzene rings is 2. The molecule has 2 aromatic carbocycles. The van der Waals surface area contributed by atoms with E-state index in [2.05, 4.69) is 21.1 Å². The van der Waals surface area contributed by atoms with Gasteiger partial charge in [-0.2, -0.15) is 5.26 Å². The number of carbonyl (C=O) groups is 1. The van der Waals surface area contributed by atoms with Crippen LogP contribution in [-0.2, 0) is 9.53 Å². The van der Waals surface area contributed by atoms with E-state index >= 15 is 0 Å². The first-order valence-electron chi connectivity index (χ1n) is 11.7. The molecule has 9 heteroatoms. The monoisotopic (exact) mass is 494 g/mol. The molecule has 0 unspecified atom stereocenters. The van der Waals surface area contributed by atoms with Gasteiger partial charge in [0.2, 0.25) is 0 Å². The summed E-state index contributed by atoms with van der Waals surface area (Å²) in [6, 6.07) is 11.6. The van der Waals surface area contributed by atoms with Gasteiger partial charge in [-0.1, -0.05) is 0 Å². The Morgan fingerprint density at radius 1 is 1.19 bits per heavy atom. The molecule has 1 fully saturated rings. The number of nitrogens with two attached hydrogens (primary N) is 1. The minimum atomic E-state index is -0.549. The topological polar surface area (TPSA) is 119 Å². The molecule has 8 nitrogen and oxygen atoms in total. The molecule has 0 radical (unpaired) electrons. The second-order valence-electron chi connectivity index (χ2n) is 9.40. The molecule has 3 N–H and O–H groups in total. The van der Waals surface area contributed by atoms with E-state index in [0.29, 0.717) is 52.7 Å². The van der Waals surface area contributed by atoms with Gasteiger partial charge in [-0.25, -0.2) is 4.39 Å². The van der Waals surface area contributed by atoms with Gasteiger partial charge in [-0.3, -0.25) is 9.78 Å². The van der Waals surface area contributed by atoms with E-state index in [1.54, 1.807) is 30.5 Å². The fourth-order valence-electron chi connectivity index (χ4n) is 3.54. The van der Waals surface area contributed by atoms with Crippen LogP contribution >= 0.6 is 0 Å². The molecule has 0 aliphatic carbocycles. The number of fused-ring (bicyclic) bond motifs is 1. The van der Waals surface area contributed by atoms with E-state index in [0.717, 1.165) is 25.9 Å². The Kier molecular flexibility index (Phi) is 9.03. The van der Waals surface area contributed by atoms with Crippen LogP contribution in [0.4, 0.5) is 10.1 Å². The summed E-state index contributed by atoms with van der Waals surface area (Å²) >= 11 is 0. The smallest absolute Gasteiger partial charge is 0.293 e. The van der Waals surface area contributed by atoms with Gasteiger partial charge in [-0.15, -0.1) is 0 Å². The largest absolute Gasteiger partial charge is 0.492 e. The number of carbonyl (C=O) groups excluding carboxylic acids is 1. The minimum absolute atomic E-state index is 0.0549. The zero-order chi connectivity index (χ0) is 26.1. The van der Waals surface area contributed by atoms with Gasteiger partial charge in [0.05, 0.1) is 23.4 Å². The van der Waals surface area contributed by atoms with Crippen molar-refractivity contribution in [2.24, 2.45) is 5.92 Å². The lowest BCUT2D eigenvalue weighted by molar-refractivity contribution is -0.138. The van der Waals surface area contributed by atoms with Crippen LogP contribution in [0.15, 0.2) is 42.6 Å². The SMILES string of the molecule is CC(C)(C)OC=O.N#Cc1cc2c(Oc3ccc(N)c(F)c3)ccnc2cc1OCC1CCNCC1. The van der Waals surface area contributed by atoms with Gasteiger partial charge < -0.3 is 25.3 Å². The molecule has 1 aliphatic heterocycles. The molecule has 3 aromatic rings. The molecular formula is C27H31FN4O4. The Labute approximate surface area is 210 Å². The number of aromatic nitrogens is 1. The van der Waals surface area contributed by atoms with Gasteiger partial charge in [0.15, 0.2) is 0 Å². The minimum Gasteiger partial charge on any atom is -0.492 e. The molecule has 190 valence electrons. The number of nitriles is 1. The van der Waals surface area contributed by atoms with Crippen molar-refractivity contribution in [3.8, 4) is 23.3 Å². The fraction of sp³-hybridized carbons (Fsp3) is 0.370. The summed E-state index contributed by atoms with van der Waals surface area (Å²) in [5, 5.41) is 13.6. The molecule has 0 atom stereocenters. The highest BCUT2D eigenvalue weighted by Crippen LogP contribution is 2.34. The lowest BCUT2D eigenvalue weighted by atomic mass is 9.99. The number of hydrogen-bond donors (Lipinski definition) is 2. The van der Waals surface area contributed by atoms with Crippen molar-refractivity contribution < 1.29 is 23.4 Å². The number of rotatable bonds is 6. The molecule has 0 amide bonds. The first-order chi connectivity index (χ1) is 17.2. The van der Waals surface area contributed by atoms with Crippen LogP contribution in [0, 0.1) is 23.1 Å². The van der Waals surface area contributed by atoms with E-state index in [9.17, 15) is 14.4 Å². The highest BCUT2D eigenvalue weighted by Gasteiger charge is 2.16. The van der Waals surface area contributed by atoms with Gasteiger partial charge in [-0.05, 0) is 76.9 Å². The number of nitrogens with one attached hydrogen (secondary N) is 1. The highest BCUT2D eigenvalue weighted by atomic mass is 19.1. The molecule has 1 aliphatic rings. The van der Waals surface area contributed by atoms with Crippen molar-refractivity contribution in [2.75, 3.05) is 25.4 Å². The summed E-state index contributed by atoms with van der Waals surface area (Å²) in [6.07, 6.45) is 3.72. The maximum atomic E-state index is 13.7. The maximum absolute atomic E-state index is 13.7. The predicted molar refractivity (Wildman–Crippen MR) is 135 cm³/mol. The molecule has 0 bridgehead atoms. The summed E-state index contributed by atoms with van der Waals surface area (Å²) in [6.45, 7) is 8.47. The summed E-state index contributed by atoms with van der Waals surface area (Å²) in [7, 11) is 0. The van der Waals surface area contributed by atoms with E-state index in [-0.39, 0.29) is 11.3 Å². The molecule has 0 saturated carbocycles. The summed E-state index contributed by atoms with van der Waals surface area (Å²) in [4.78, 5) is 14.0. The van der Waals surface area contributed by atoms with Crippen molar-refractivity contribution in [3.05, 3.63) is 54.0 Å². The zero-order valence-corrected chi connectivity index (χ0v) is 20.7. The van der Waals surface area contributed by atoms with E-state index in [4.69, 9.17) is 15.2 Å². The quantitative estimate of drug-likeness (QED) is 0.365. The first-order valence-corrected chi connectivity index (χ1v) is 11.7. The average molecular weight is 495 g/mol. The molecular weight excluding hydrogens is 463 g/mol. The Morgan fingerprint density at radius 3 is 2.56 bits per heavy atom. The summed E-state index contributed by atoms with van der Waals surface area (Å²) in [5.74, 6) is 1.23. The van der Waals surface area contributed by atoms with Crippen molar-refractivity contribution in [2.45, 2.75) is 39.2 Å². The normalized spacial score (nSPS) is 13.8. The molecule has 1 aromatic heterocycles. The maximum Gasteiger partial charge on any atom is 0.293 e. The lowest BCUT2D eigenvalue weighted by Crippen LogP contribution is -2.30. The Bertz CT molecular complexity index is 1230. The fourth-order valence-corrected chi connectivity index (χ4v) is 3.54. The van der Waals surface area contributed by atoms with Crippen LogP contribution in [0.25, 0.3) is 10.9 Å². The van der Waals surface area contributed by atoms with Gasteiger partial charge in [0.1, 0.15) is 34.7 Å². The predicted octanol–water partition coefficient (Wildman–Crippen LogP) is 4.96. The second-order valence-corrected chi connectivity index (χ2v) is 9.40. The average Bonchev–Trinajstić information content (AvgIpc) is 2.85. The third-order valence-electron chi connectivity index (χ3n) is 5.46. The van der Waals surface area contributed by atoms with Crippen molar-refractivity contribution in [3.63, 3.8) is 0 Å². The van der Waals surface area contributed by atoms with E-state index < -0.39 is 5.82 Å². The van der Waals surface area contributed by atoms with Crippen molar-refractivity contribution in [1.82, 2.24) is 10.3 Å². The molecule has 2 heterocycles. The first kappa shape index (κ1) is 26.7. The van der Waals surface area contributed by atoms with Gasteiger partial charge in [0.25, 0.3) is 6.47 Å². The van der Waals surface area contributed by atoms with Crippen LogP contribution in [-0.4, -0.2) is 36.8 Å². The van der Waals surface area contributed by atoms with E-state index in [1.165, 1.54) is 12.1 Å². The van der Waals surface area contributed by atoms with Crippen LogP contribution in [0.5, 0.6) is 17.2 Å². The third-order valence-corrected chi connectivity index (χ3v) is 5.46. The number of piperidine rings is 1.